The summed E-state index contributed by atoms with van der Waals surface area (Å²) >= 11 is 0. The number of nitrogens with one attached hydrogen (secondary N) is 2. The third-order valence-corrected chi connectivity index (χ3v) is 5.49. The molecule has 0 saturated carbocycles. The first-order valence-corrected chi connectivity index (χ1v) is 13.0. The molecule has 1 aromatic carbocycles. The molecule has 0 spiro atoms. The molecule has 0 bridgehead atoms. The van der Waals surface area contributed by atoms with E-state index < -0.39 is 65.5 Å². The molecule has 0 aromatic heterocycles. The minimum atomic E-state index is -1.57. The summed E-state index contributed by atoms with van der Waals surface area (Å²) < 4.78 is 16.1. The number of benzene rings is 1. The molecule has 3 atom stereocenters. The number of esters is 2. The number of hydrogen-bond acceptors (Lipinski definition) is 8. The van der Waals surface area contributed by atoms with Gasteiger partial charge in [-0.3, -0.25) is 19.2 Å². The van der Waals surface area contributed by atoms with Crippen molar-refractivity contribution in [3.8, 4) is 0 Å². The predicted octanol–water partition coefficient (Wildman–Crippen LogP) is 2.99. The first-order chi connectivity index (χ1) is 17.9. The molecule has 0 aliphatic rings. The van der Waals surface area contributed by atoms with Gasteiger partial charge >= 0.3 is 18.0 Å². The van der Waals surface area contributed by atoms with Gasteiger partial charge in [-0.25, -0.2) is 4.79 Å². The molecular formula is C28H43N3O8. The van der Waals surface area contributed by atoms with Crippen LogP contribution in [0.3, 0.4) is 0 Å². The molecule has 11 heteroatoms. The zero-order valence-electron chi connectivity index (χ0n) is 24.2. The van der Waals surface area contributed by atoms with Gasteiger partial charge in [0.1, 0.15) is 29.9 Å². The highest BCUT2D eigenvalue weighted by Crippen LogP contribution is 2.21. The van der Waals surface area contributed by atoms with E-state index in [1.807, 2.05) is 13.0 Å². The molecule has 0 radical (unpaired) electrons. The number of carbonyl (C=O) groups excluding carboxylic acids is 5. The fourth-order valence-electron chi connectivity index (χ4n) is 3.39. The molecule has 1 aromatic rings. The van der Waals surface area contributed by atoms with Crippen molar-refractivity contribution < 1.29 is 38.2 Å². The zero-order valence-corrected chi connectivity index (χ0v) is 24.2. The van der Waals surface area contributed by atoms with Crippen LogP contribution in [0.4, 0.5) is 4.79 Å². The number of ether oxygens (including phenoxy) is 3. The normalized spacial score (nSPS) is 14.0. The molecule has 0 saturated heterocycles. The van der Waals surface area contributed by atoms with Gasteiger partial charge < -0.3 is 30.6 Å². The number of hydrogen-bond donors (Lipinski definition) is 3. The van der Waals surface area contributed by atoms with Crippen LogP contribution >= 0.6 is 0 Å². The summed E-state index contributed by atoms with van der Waals surface area (Å²) in [5, 5.41) is 4.95. The smallest absolute Gasteiger partial charge is 0.408 e. The summed E-state index contributed by atoms with van der Waals surface area (Å²) in [6.45, 7) is 13.2. The van der Waals surface area contributed by atoms with E-state index in [0.717, 1.165) is 0 Å². The van der Waals surface area contributed by atoms with Crippen LogP contribution in [0.2, 0.25) is 0 Å². The fourth-order valence-corrected chi connectivity index (χ4v) is 3.39. The fraction of sp³-hybridized carbons (Fsp3) is 0.607. The highest BCUT2D eigenvalue weighted by atomic mass is 16.6. The van der Waals surface area contributed by atoms with Gasteiger partial charge in [-0.05, 0) is 53.0 Å². The highest BCUT2D eigenvalue weighted by Gasteiger charge is 2.40. The van der Waals surface area contributed by atoms with Crippen molar-refractivity contribution >= 4 is 29.8 Å². The van der Waals surface area contributed by atoms with Gasteiger partial charge in [-0.2, -0.15) is 0 Å². The molecule has 0 unspecified atom stereocenters. The maximum Gasteiger partial charge on any atom is 0.408 e. The second-order valence-corrected chi connectivity index (χ2v) is 11.4. The standard InChI is InChI=1S/C28H43N3O8/c1-9-17(2)21(22(29)32)31-23(33)20(30-26(36)37-16-18-13-11-10-12-14-18)15-19(24(34)38-27(3,4)5)25(35)39-28(6,7)8/h10-14,17,19-21H,9,15-16H2,1-8H3,(H2,29,32)(H,30,36)(H,31,33)/t17-,20-,21-/m0/s1. The maximum atomic E-state index is 13.3. The van der Waals surface area contributed by atoms with Gasteiger partial charge in [0.05, 0.1) is 0 Å². The molecule has 3 amide bonds. The first-order valence-electron chi connectivity index (χ1n) is 13.0. The van der Waals surface area contributed by atoms with Crippen molar-refractivity contribution in [3.63, 3.8) is 0 Å². The maximum absolute atomic E-state index is 13.3. The second kappa shape index (κ2) is 14.5. The predicted molar refractivity (Wildman–Crippen MR) is 144 cm³/mol. The average Bonchev–Trinajstić information content (AvgIpc) is 2.81. The Hall–Kier alpha value is -3.63. The molecule has 218 valence electrons. The van der Waals surface area contributed by atoms with E-state index in [1.54, 1.807) is 72.7 Å². The lowest BCUT2D eigenvalue weighted by Crippen LogP contribution is -2.56. The topological polar surface area (TPSA) is 163 Å². The second-order valence-electron chi connectivity index (χ2n) is 11.4. The molecule has 0 heterocycles. The Kier molecular flexibility index (Phi) is 12.4. The van der Waals surface area contributed by atoms with Gasteiger partial charge in [0.15, 0.2) is 5.92 Å². The molecule has 11 nitrogen and oxygen atoms in total. The number of nitrogens with two attached hydrogens (primary N) is 1. The van der Waals surface area contributed by atoms with Crippen LogP contribution in [0.5, 0.6) is 0 Å². The molecule has 0 fully saturated rings. The van der Waals surface area contributed by atoms with Crippen LogP contribution in [-0.2, 0) is 40.0 Å². The summed E-state index contributed by atoms with van der Waals surface area (Å²) in [6, 6.07) is 6.35. The molecule has 1 rings (SSSR count). The molecule has 4 N–H and O–H groups in total. The number of alkyl carbamates (subject to hydrolysis) is 1. The number of amides is 3. The molecule has 39 heavy (non-hydrogen) atoms. The van der Waals surface area contributed by atoms with Crippen molar-refractivity contribution in [3.05, 3.63) is 35.9 Å². The van der Waals surface area contributed by atoms with Gasteiger partial charge in [0.25, 0.3) is 0 Å². The first kappa shape index (κ1) is 33.4. The van der Waals surface area contributed by atoms with Crippen LogP contribution in [0.25, 0.3) is 0 Å². The Morgan fingerprint density at radius 2 is 1.38 bits per heavy atom. The monoisotopic (exact) mass is 549 g/mol. The van der Waals surface area contributed by atoms with Crippen molar-refractivity contribution in [2.24, 2.45) is 17.6 Å². The van der Waals surface area contributed by atoms with Gasteiger partial charge in [0.2, 0.25) is 11.8 Å². The van der Waals surface area contributed by atoms with Crippen molar-refractivity contribution in [1.82, 2.24) is 10.6 Å². The SMILES string of the molecule is CC[C@H](C)[C@H](NC(=O)[C@H](CC(C(=O)OC(C)(C)C)C(=O)OC(C)(C)C)NC(=O)OCc1ccccc1)C(N)=O. The Morgan fingerprint density at radius 1 is 0.872 bits per heavy atom. The Balaban J connectivity index is 3.29. The van der Waals surface area contributed by atoms with Crippen LogP contribution in [0.15, 0.2) is 30.3 Å². The quantitative estimate of drug-likeness (QED) is 0.203. The van der Waals surface area contributed by atoms with Crippen molar-refractivity contribution in [1.29, 1.82) is 0 Å². The van der Waals surface area contributed by atoms with Gasteiger partial charge in [-0.15, -0.1) is 0 Å². The third kappa shape index (κ3) is 12.6. The van der Waals surface area contributed by atoms with Gasteiger partial charge in [0, 0.05) is 6.42 Å². The number of carbonyl (C=O) groups is 5. The van der Waals surface area contributed by atoms with E-state index >= 15 is 0 Å². The molecule has 0 aliphatic heterocycles. The minimum Gasteiger partial charge on any atom is -0.459 e. The summed E-state index contributed by atoms with van der Waals surface area (Å²) in [5.41, 5.74) is 4.33. The van der Waals surface area contributed by atoms with E-state index in [-0.39, 0.29) is 12.5 Å². The zero-order chi connectivity index (χ0) is 30.0. The average molecular weight is 550 g/mol. The van der Waals surface area contributed by atoms with Crippen LogP contribution < -0.4 is 16.4 Å². The number of primary amides is 1. The Bertz CT molecular complexity index is 970. The molecule has 0 aliphatic carbocycles. The van der Waals surface area contributed by atoms with Crippen LogP contribution in [0, 0.1) is 11.8 Å². The van der Waals surface area contributed by atoms with E-state index in [9.17, 15) is 24.0 Å². The van der Waals surface area contributed by atoms with Crippen LogP contribution in [-0.4, -0.2) is 53.1 Å². The summed E-state index contributed by atoms with van der Waals surface area (Å²) in [6.07, 6.45) is -0.948. The van der Waals surface area contributed by atoms with E-state index in [2.05, 4.69) is 10.6 Å². The molecular weight excluding hydrogens is 506 g/mol. The highest BCUT2D eigenvalue weighted by molar-refractivity contribution is 5.97. The summed E-state index contributed by atoms with van der Waals surface area (Å²) in [5.74, 6) is -5.33. The van der Waals surface area contributed by atoms with E-state index in [1.165, 1.54) is 0 Å². The van der Waals surface area contributed by atoms with Crippen LogP contribution in [0.1, 0.15) is 73.8 Å². The number of rotatable bonds is 12. The minimum absolute atomic E-state index is 0.0840. The lowest BCUT2D eigenvalue weighted by molar-refractivity contribution is -0.175. The Labute approximate surface area is 230 Å². The van der Waals surface area contributed by atoms with Crippen molar-refractivity contribution in [2.75, 3.05) is 0 Å². The summed E-state index contributed by atoms with van der Waals surface area (Å²) in [4.78, 5) is 64.2. The van der Waals surface area contributed by atoms with Crippen molar-refractivity contribution in [2.45, 2.75) is 98.1 Å². The van der Waals surface area contributed by atoms with E-state index in [0.29, 0.717) is 12.0 Å². The van der Waals surface area contributed by atoms with Gasteiger partial charge in [-0.1, -0.05) is 50.6 Å². The Morgan fingerprint density at radius 3 is 1.82 bits per heavy atom. The third-order valence-electron chi connectivity index (χ3n) is 5.49. The summed E-state index contributed by atoms with van der Waals surface area (Å²) in [7, 11) is 0. The van der Waals surface area contributed by atoms with E-state index in [4.69, 9.17) is 19.9 Å². The lowest BCUT2D eigenvalue weighted by atomic mass is 9.95. The largest absolute Gasteiger partial charge is 0.459 e. The lowest BCUT2D eigenvalue weighted by Gasteiger charge is -2.29.